The molecule has 1 heterocycles. The molecule has 0 saturated carbocycles. The van der Waals surface area contributed by atoms with Gasteiger partial charge in [0.15, 0.2) is 5.69 Å². The van der Waals surface area contributed by atoms with Gasteiger partial charge in [0.1, 0.15) is 0 Å². The first kappa shape index (κ1) is 13.1. The molecule has 2 aromatic rings. The summed E-state index contributed by atoms with van der Waals surface area (Å²) in [5, 5.41) is 12.3. The third-order valence-electron chi connectivity index (χ3n) is 2.63. The summed E-state index contributed by atoms with van der Waals surface area (Å²) in [4.78, 5) is 0. The third-order valence-corrected chi connectivity index (χ3v) is 2.63. The quantitative estimate of drug-likeness (QED) is 0.836. The van der Waals surface area contributed by atoms with Crippen molar-refractivity contribution in [2.24, 2.45) is 0 Å². The third kappa shape index (κ3) is 2.60. The Kier molecular flexibility index (Phi) is 3.30. The van der Waals surface area contributed by atoms with Crippen LogP contribution in [-0.4, -0.2) is 9.78 Å². The topological polar surface area (TPSA) is 41.6 Å². The van der Waals surface area contributed by atoms with E-state index in [2.05, 4.69) is 5.10 Å². The molecule has 0 N–H and O–H groups in total. The SMILES string of the molecule is Cc1cccc(-n2ncc(CC#N)c2C(F)(F)F)c1. The lowest BCUT2D eigenvalue weighted by molar-refractivity contribution is -0.143. The summed E-state index contributed by atoms with van der Waals surface area (Å²) >= 11 is 0. The smallest absolute Gasteiger partial charge is 0.228 e. The summed E-state index contributed by atoms with van der Waals surface area (Å²) in [7, 11) is 0. The molecular formula is C13H10F3N3. The largest absolute Gasteiger partial charge is 0.433 e. The second-order valence-electron chi connectivity index (χ2n) is 4.10. The zero-order valence-corrected chi connectivity index (χ0v) is 10.1. The number of aryl methyl sites for hydroxylation is 1. The molecule has 0 aliphatic carbocycles. The van der Waals surface area contributed by atoms with Gasteiger partial charge < -0.3 is 0 Å². The molecule has 0 aliphatic rings. The highest BCUT2D eigenvalue weighted by molar-refractivity contribution is 5.39. The molecule has 0 unspecified atom stereocenters. The highest BCUT2D eigenvalue weighted by atomic mass is 19.4. The van der Waals surface area contributed by atoms with Crippen molar-refractivity contribution in [3.63, 3.8) is 0 Å². The average Bonchev–Trinajstić information content (AvgIpc) is 2.73. The first-order valence-corrected chi connectivity index (χ1v) is 5.51. The van der Waals surface area contributed by atoms with Crippen molar-refractivity contribution in [3.05, 3.63) is 47.3 Å². The zero-order chi connectivity index (χ0) is 14.0. The lowest BCUT2D eigenvalue weighted by Gasteiger charge is -2.12. The van der Waals surface area contributed by atoms with Crippen LogP contribution in [0.5, 0.6) is 0 Å². The van der Waals surface area contributed by atoms with Gasteiger partial charge in [0, 0.05) is 5.56 Å². The number of hydrogen-bond donors (Lipinski definition) is 0. The Balaban J connectivity index is 2.62. The van der Waals surface area contributed by atoms with E-state index >= 15 is 0 Å². The van der Waals surface area contributed by atoms with Gasteiger partial charge in [-0.05, 0) is 24.6 Å². The van der Waals surface area contributed by atoms with Crippen molar-refractivity contribution in [2.75, 3.05) is 0 Å². The maximum absolute atomic E-state index is 13.1. The maximum atomic E-state index is 13.1. The Morgan fingerprint density at radius 3 is 2.68 bits per heavy atom. The van der Waals surface area contributed by atoms with Gasteiger partial charge >= 0.3 is 6.18 Å². The van der Waals surface area contributed by atoms with E-state index in [4.69, 9.17) is 5.26 Å². The highest BCUT2D eigenvalue weighted by Crippen LogP contribution is 2.33. The molecule has 6 heteroatoms. The van der Waals surface area contributed by atoms with Crippen molar-refractivity contribution in [2.45, 2.75) is 19.5 Å². The van der Waals surface area contributed by atoms with E-state index in [1.807, 2.05) is 0 Å². The fourth-order valence-corrected chi connectivity index (χ4v) is 1.85. The Labute approximate surface area is 107 Å². The molecule has 2 rings (SSSR count). The summed E-state index contributed by atoms with van der Waals surface area (Å²) in [5.74, 6) is 0. The van der Waals surface area contributed by atoms with Gasteiger partial charge in [-0.15, -0.1) is 0 Å². The van der Waals surface area contributed by atoms with Gasteiger partial charge in [0.25, 0.3) is 0 Å². The van der Waals surface area contributed by atoms with E-state index in [-0.39, 0.29) is 12.0 Å². The van der Waals surface area contributed by atoms with Gasteiger partial charge in [0.05, 0.1) is 24.4 Å². The summed E-state index contributed by atoms with van der Waals surface area (Å²) in [6.07, 6.45) is -3.78. The average molecular weight is 265 g/mol. The predicted molar refractivity (Wildman–Crippen MR) is 62.6 cm³/mol. The zero-order valence-electron chi connectivity index (χ0n) is 10.1. The lowest BCUT2D eigenvalue weighted by atomic mass is 10.1. The van der Waals surface area contributed by atoms with Gasteiger partial charge in [0.2, 0.25) is 0 Å². The number of benzene rings is 1. The second kappa shape index (κ2) is 4.76. The van der Waals surface area contributed by atoms with Crippen LogP contribution in [0.2, 0.25) is 0 Å². The van der Waals surface area contributed by atoms with Crippen LogP contribution >= 0.6 is 0 Å². The van der Waals surface area contributed by atoms with E-state index in [1.54, 1.807) is 37.3 Å². The molecular weight excluding hydrogens is 255 g/mol. The van der Waals surface area contributed by atoms with Crippen molar-refractivity contribution in [1.29, 1.82) is 5.26 Å². The Morgan fingerprint density at radius 2 is 2.11 bits per heavy atom. The van der Waals surface area contributed by atoms with Crippen LogP contribution in [0.1, 0.15) is 16.8 Å². The summed E-state index contributed by atoms with van der Waals surface area (Å²) in [5.41, 5.74) is 0.163. The number of halogens is 3. The molecule has 0 amide bonds. The standard InChI is InChI=1S/C13H10F3N3/c1-9-3-2-4-11(7-9)19-12(13(14,15)16)10(5-6-17)8-18-19/h2-4,7-8H,5H2,1H3. The minimum atomic E-state index is -4.55. The lowest BCUT2D eigenvalue weighted by Crippen LogP contribution is -2.15. The van der Waals surface area contributed by atoms with Gasteiger partial charge in [-0.2, -0.15) is 23.5 Å². The first-order chi connectivity index (χ1) is 8.93. The van der Waals surface area contributed by atoms with Gasteiger partial charge in [-0.1, -0.05) is 12.1 Å². The van der Waals surface area contributed by atoms with Gasteiger partial charge in [-0.3, -0.25) is 0 Å². The predicted octanol–water partition coefficient (Wildman–Crippen LogP) is 3.27. The van der Waals surface area contributed by atoms with Gasteiger partial charge in [-0.25, -0.2) is 4.68 Å². The molecule has 0 bridgehead atoms. The summed E-state index contributed by atoms with van der Waals surface area (Å²) in [6, 6.07) is 8.33. The van der Waals surface area contributed by atoms with Crippen molar-refractivity contribution in [3.8, 4) is 11.8 Å². The van der Waals surface area contributed by atoms with Crippen molar-refractivity contribution >= 4 is 0 Å². The minimum absolute atomic E-state index is 0.114. The van der Waals surface area contributed by atoms with E-state index in [1.165, 1.54) is 0 Å². The van der Waals surface area contributed by atoms with Crippen LogP contribution in [0.4, 0.5) is 13.2 Å². The summed E-state index contributed by atoms with van der Waals surface area (Å²) in [6.45, 7) is 1.79. The summed E-state index contributed by atoms with van der Waals surface area (Å²) < 4.78 is 40.1. The fraction of sp³-hybridized carbons (Fsp3) is 0.231. The van der Waals surface area contributed by atoms with Crippen LogP contribution in [0, 0.1) is 18.3 Å². The fourth-order valence-electron chi connectivity index (χ4n) is 1.85. The highest BCUT2D eigenvalue weighted by Gasteiger charge is 2.38. The number of aromatic nitrogens is 2. The Morgan fingerprint density at radius 1 is 1.37 bits per heavy atom. The maximum Gasteiger partial charge on any atom is 0.433 e. The van der Waals surface area contributed by atoms with E-state index in [9.17, 15) is 13.2 Å². The van der Waals surface area contributed by atoms with Crippen LogP contribution in [-0.2, 0) is 12.6 Å². The first-order valence-electron chi connectivity index (χ1n) is 5.51. The van der Waals surface area contributed by atoms with Crippen LogP contribution in [0.15, 0.2) is 30.5 Å². The molecule has 0 atom stereocenters. The molecule has 98 valence electrons. The van der Waals surface area contributed by atoms with Crippen LogP contribution in [0.25, 0.3) is 5.69 Å². The molecule has 19 heavy (non-hydrogen) atoms. The van der Waals surface area contributed by atoms with Crippen molar-refractivity contribution in [1.82, 2.24) is 9.78 Å². The number of rotatable bonds is 2. The molecule has 0 radical (unpaired) electrons. The molecule has 1 aromatic carbocycles. The molecule has 3 nitrogen and oxygen atoms in total. The van der Waals surface area contributed by atoms with E-state index in [0.717, 1.165) is 16.4 Å². The number of alkyl halides is 3. The number of nitriles is 1. The Hall–Kier alpha value is -2.29. The normalized spacial score (nSPS) is 11.3. The Bertz CT molecular complexity index is 635. The number of nitrogens with zero attached hydrogens (tertiary/aromatic N) is 3. The second-order valence-corrected chi connectivity index (χ2v) is 4.10. The van der Waals surface area contributed by atoms with Crippen LogP contribution < -0.4 is 0 Å². The molecule has 0 fully saturated rings. The van der Waals surface area contributed by atoms with Crippen molar-refractivity contribution < 1.29 is 13.2 Å². The van der Waals surface area contributed by atoms with Crippen LogP contribution in [0.3, 0.4) is 0 Å². The van der Waals surface area contributed by atoms with E-state index in [0.29, 0.717) is 5.69 Å². The molecule has 1 aromatic heterocycles. The minimum Gasteiger partial charge on any atom is -0.228 e. The molecule has 0 aliphatic heterocycles. The number of hydrogen-bond acceptors (Lipinski definition) is 2. The molecule has 0 spiro atoms. The van der Waals surface area contributed by atoms with E-state index < -0.39 is 11.9 Å². The monoisotopic (exact) mass is 265 g/mol. The molecule has 0 saturated heterocycles.